The largest absolute Gasteiger partial charge is 0.388 e. The predicted molar refractivity (Wildman–Crippen MR) is 61.1 cm³/mol. The van der Waals surface area contributed by atoms with Gasteiger partial charge in [0.05, 0.1) is 0 Å². The van der Waals surface area contributed by atoms with Crippen LogP contribution in [-0.2, 0) is 0 Å². The number of hydrogen-bond acceptors (Lipinski definition) is 2. The van der Waals surface area contributed by atoms with Gasteiger partial charge < -0.3 is 10.2 Å². The second-order valence-electron chi connectivity index (χ2n) is 3.98. The molecule has 1 heterocycles. The molecule has 0 bridgehead atoms. The zero-order valence-electron chi connectivity index (χ0n) is 9.29. The molecule has 16 heavy (non-hydrogen) atoms. The van der Waals surface area contributed by atoms with E-state index in [1.165, 1.54) is 12.1 Å². The van der Waals surface area contributed by atoms with E-state index in [2.05, 4.69) is 5.32 Å². The van der Waals surface area contributed by atoms with Gasteiger partial charge in [-0.3, -0.25) is 4.79 Å². The fraction of sp³-hybridized carbons (Fsp3) is 0.417. The van der Waals surface area contributed by atoms with Crippen molar-refractivity contribution in [1.29, 1.82) is 0 Å². The molecule has 4 heteroatoms. The van der Waals surface area contributed by atoms with E-state index >= 15 is 0 Å². The summed E-state index contributed by atoms with van der Waals surface area (Å²) in [5.41, 5.74) is 1.05. The summed E-state index contributed by atoms with van der Waals surface area (Å²) < 4.78 is 13.3. The molecule has 0 unspecified atom stereocenters. The first kappa shape index (κ1) is 10.9. The highest BCUT2D eigenvalue weighted by molar-refractivity contribution is 5.95. The second kappa shape index (κ2) is 4.51. The minimum absolute atomic E-state index is 0.0755. The Labute approximate surface area is 94.3 Å². The van der Waals surface area contributed by atoms with Gasteiger partial charge in [0.25, 0.3) is 5.91 Å². The molecule has 1 aliphatic heterocycles. The van der Waals surface area contributed by atoms with Crippen LogP contribution in [0, 0.1) is 5.82 Å². The quantitative estimate of drug-likeness (QED) is 0.831. The number of nitrogens with one attached hydrogen (secondary N) is 1. The Morgan fingerprint density at radius 2 is 2.00 bits per heavy atom. The summed E-state index contributed by atoms with van der Waals surface area (Å²) in [6.45, 7) is 1.56. The van der Waals surface area contributed by atoms with E-state index in [4.69, 9.17) is 0 Å². The van der Waals surface area contributed by atoms with Crippen LogP contribution < -0.4 is 5.32 Å². The Hall–Kier alpha value is -1.58. The van der Waals surface area contributed by atoms with Gasteiger partial charge in [-0.2, -0.15) is 0 Å². The first-order chi connectivity index (χ1) is 7.70. The van der Waals surface area contributed by atoms with Crippen molar-refractivity contribution in [3.05, 3.63) is 29.6 Å². The van der Waals surface area contributed by atoms with Gasteiger partial charge in [0, 0.05) is 31.4 Å². The Balaban J connectivity index is 2.24. The molecular formula is C12H15FN2O. The molecule has 1 saturated heterocycles. The molecular weight excluding hydrogens is 207 g/mol. The van der Waals surface area contributed by atoms with E-state index in [9.17, 15) is 9.18 Å². The van der Waals surface area contributed by atoms with Crippen LogP contribution in [0.3, 0.4) is 0 Å². The van der Waals surface area contributed by atoms with Crippen molar-refractivity contribution in [1.82, 2.24) is 4.90 Å². The van der Waals surface area contributed by atoms with Crippen molar-refractivity contribution in [2.75, 3.05) is 25.5 Å². The van der Waals surface area contributed by atoms with Gasteiger partial charge in [0.15, 0.2) is 0 Å². The molecule has 1 fully saturated rings. The highest BCUT2D eigenvalue weighted by Crippen LogP contribution is 2.17. The molecule has 0 saturated carbocycles. The summed E-state index contributed by atoms with van der Waals surface area (Å²) in [6, 6.07) is 4.35. The molecule has 1 amide bonds. The summed E-state index contributed by atoms with van der Waals surface area (Å²) in [5.74, 6) is -0.456. The van der Waals surface area contributed by atoms with Crippen LogP contribution in [0.2, 0.25) is 0 Å². The Morgan fingerprint density at radius 3 is 2.62 bits per heavy atom. The van der Waals surface area contributed by atoms with Gasteiger partial charge >= 0.3 is 0 Å². The molecule has 1 aromatic carbocycles. The number of carbonyl (C=O) groups is 1. The van der Waals surface area contributed by atoms with Gasteiger partial charge in [0.1, 0.15) is 5.82 Å². The number of rotatable bonds is 2. The van der Waals surface area contributed by atoms with Crippen LogP contribution in [0.25, 0.3) is 0 Å². The predicted octanol–water partition coefficient (Wildman–Crippen LogP) is 2.10. The first-order valence-corrected chi connectivity index (χ1v) is 5.48. The van der Waals surface area contributed by atoms with E-state index < -0.39 is 0 Å². The number of likely N-dealkylation sites (tertiary alicyclic amines) is 1. The number of hydrogen-bond donors (Lipinski definition) is 1. The number of benzene rings is 1. The molecule has 1 N–H and O–H groups in total. The molecule has 1 aliphatic rings. The summed E-state index contributed by atoms with van der Waals surface area (Å²) in [4.78, 5) is 13.8. The van der Waals surface area contributed by atoms with Gasteiger partial charge in [0.2, 0.25) is 0 Å². The van der Waals surface area contributed by atoms with E-state index in [-0.39, 0.29) is 11.7 Å². The maximum atomic E-state index is 13.3. The van der Waals surface area contributed by atoms with Crippen molar-refractivity contribution >= 4 is 11.6 Å². The topological polar surface area (TPSA) is 32.3 Å². The minimum atomic E-state index is -0.380. The fourth-order valence-electron chi connectivity index (χ4n) is 1.96. The van der Waals surface area contributed by atoms with Gasteiger partial charge in [-0.1, -0.05) is 0 Å². The maximum Gasteiger partial charge on any atom is 0.254 e. The number of anilines is 1. The van der Waals surface area contributed by atoms with Crippen molar-refractivity contribution in [2.45, 2.75) is 12.8 Å². The lowest BCUT2D eigenvalue weighted by molar-refractivity contribution is 0.0792. The molecule has 0 atom stereocenters. The summed E-state index contributed by atoms with van der Waals surface area (Å²) in [5, 5.41) is 2.84. The smallest absolute Gasteiger partial charge is 0.254 e. The van der Waals surface area contributed by atoms with Crippen LogP contribution in [0.15, 0.2) is 18.2 Å². The number of halogens is 1. The van der Waals surface area contributed by atoms with Crippen LogP contribution in [0.4, 0.5) is 10.1 Å². The maximum absolute atomic E-state index is 13.3. The third kappa shape index (κ3) is 2.15. The molecule has 1 aromatic rings. The minimum Gasteiger partial charge on any atom is -0.388 e. The van der Waals surface area contributed by atoms with Crippen LogP contribution >= 0.6 is 0 Å². The second-order valence-corrected chi connectivity index (χ2v) is 3.98. The third-order valence-electron chi connectivity index (χ3n) is 2.83. The summed E-state index contributed by atoms with van der Waals surface area (Å²) in [7, 11) is 1.71. The highest BCUT2D eigenvalue weighted by Gasteiger charge is 2.20. The van der Waals surface area contributed by atoms with Crippen LogP contribution in [-0.4, -0.2) is 30.9 Å². The van der Waals surface area contributed by atoms with Crippen LogP contribution in [0.5, 0.6) is 0 Å². The van der Waals surface area contributed by atoms with Gasteiger partial charge in [-0.25, -0.2) is 4.39 Å². The van der Waals surface area contributed by atoms with Crippen LogP contribution in [0.1, 0.15) is 23.2 Å². The van der Waals surface area contributed by atoms with E-state index in [1.807, 2.05) is 0 Å². The third-order valence-corrected chi connectivity index (χ3v) is 2.83. The average molecular weight is 222 g/mol. The highest BCUT2D eigenvalue weighted by atomic mass is 19.1. The Bertz CT molecular complexity index is 400. The zero-order chi connectivity index (χ0) is 11.5. The number of amides is 1. The molecule has 0 aliphatic carbocycles. The summed E-state index contributed by atoms with van der Waals surface area (Å²) >= 11 is 0. The molecule has 2 rings (SSSR count). The number of nitrogens with zero attached hydrogens (tertiary/aromatic N) is 1. The SMILES string of the molecule is CNc1cc(F)cc(C(=O)N2CCCC2)c1. The lowest BCUT2D eigenvalue weighted by atomic mass is 10.1. The van der Waals surface area contributed by atoms with Gasteiger partial charge in [-0.05, 0) is 31.0 Å². The molecule has 0 radical (unpaired) electrons. The Kier molecular flexibility index (Phi) is 3.08. The standard InChI is InChI=1S/C12H15FN2O/c1-14-11-7-9(6-10(13)8-11)12(16)15-4-2-3-5-15/h6-8,14H,2-5H2,1H3. The average Bonchev–Trinajstić information content (AvgIpc) is 2.80. The monoisotopic (exact) mass is 222 g/mol. The lowest BCUT2D eigenvalue weighted by Crippen LogP contribution is -2.27. The molecule has 86 valence electrons. The van der Waals surface area contributed by atoms with Crippen molar-refractivity contribution in [3.63, 3.8) is 0 Å². The zero-order valence-corrected chi connectivity index (χ0v) is 9.29. The van der Waals surface area contributed by atoms with Crippen molar-refractivity contribution in [2.24, 2.45) is 0 Å². The number of carbonyl (C=O) groups excluding carboxylic acids is 1. The molecule has 3 nitrogen and oxygen atoms in total. The van der Waals surface area contributed by atoms with E-state index in [0.29, 0.717) is 11.3 Å². The van der Waals surface area contributed by atoms with Crippen molar-refractivity contribution < 1.29 is 9.18 Å². The lowest BCUT2D eigenvalue weighted by Gasteiger charge is -2.15. The van der Waals surface area contributed by atoms with Gasteiger partial charge in [-0.15, -0.1) is 0 Å². The first-order valence-electron chi connectivity index (χ1n) is 5.48. The Morgan fingerprint density at radius 1 is 1.31 bits per heavy atom. The normalized spacial score (nSPS) is 15.2. The fourth-order valence-corrected chi connectivity index (χ4v) is 1.96. The summed E-state index contributed by atoms with van der Waals surface area (Å²) in [6.07, 6.45) is 2.08. The van der Waals surface area contributed by atoms with E-state index in [0.717, 1.165) is 25.9 Å². The molecule has 0 aromatic heterocycles. The molecule has 0 spiro atoms. The van der Waals surface area contributed by atoms with Crippen molar-refractivity contribution in [3.8, 4) is 0 Å². The van der Waals surface area contributed by atoms with E-state index in [1.54, 1.807) is 18.0 Å².